The summed E-state index contributed by atoms with van der Waals surface area (Å²) in [4.78, 5) is 23.3. The van der Waals surface area contributed by atoms with Crippen LogP contribution in [0.15, 0.2) is 66.9 Å². The van der Waals surface area contributed by atoms with E-state index in [2.05, 4.69) is 41.4 Å². The number of nitrogens with two attached hydrogens (primary N) is 1. The highest BCUT2D eigenvalue weighted by Gasteiger charge is 2.34. The van der Waals surface area contributed by atoms with Gasteiger partial charge in [0.05, 0.1) is 17.9 Å². The summed E-state index contributed by atoms with van der Waals surface area (Å²) in [7, 11) is 0. The molecule has 35 heavy (non-hydrogen) atoms. The van der Waals surface area contributed by atoms with Gasteiger partial charge in [-0.15, -0.1) is 0 Å². The van der Waals surface area contributed by atoms with Gasteiger partial charge in [0.1, 0.15) is 6.61 Å². The van der Waals surface area contributed by atoms with Crippen molar-refractivity contribution in [1.29, 1.82) is 0 Å². The van der Waals surface area contributed by atoms with Crippen LogP contribution in [0.4, 0.5) is 0 Å². The zero-order valence-electron chi connectivity index (χ0n) is 19.7. The van der Waals surface area contributed by atoms with Crippen molar-refractivity contribution in [2.45, 2.75) is 37.6 Å². The normalized spacial score (nSPS) is 17.1. The van der Waals surface area contributed by atoms with E-state index < -0.39 is 0 Å². The number of nitrogens with zero attached hydrogens (tertiary/aromatic N) is 4. The summed E-state index contributed by atoms with van der Waals surface area (Å²) < 4.78 is 7.89. The number of imidazole rings is 1. The van der Waals surface area contributed by atoms with Crippen molar-refractivity contribution in [2.75, 3.05) is 19.7 Å². The molecule has 7 heteroatoms. The van der Waals surface area contributed by atoms with E-state index in [9.17, 15) is 4.79 Å². The number of carbonyl (C=O) groups excluding carboxylic acids is 1. The van der Waals surface area contributed by atoms with Gasteiger partial charge in [-0.1, -0.05) is 54.6 Å². The highest BCUT2D eigenvalue weighted by Crippen LogP contribution is 2.40. The number of likely N-dealkylation sites (tertiary alicyclic amines) is 1. The Labute approximate surface area is 204 Å². The van der Waals surface area contributed by atoms with Crippen LogP contribution < -0.4 is 10.5 Å². The molecule has 7 nitrogen and oxygen atoms in total. The number of rotatable bonds is 7. The molecule has 1 saturated heterocycles. The first-order valence-corrected chi connectivity index (χ1v) is 12.4. The summed E-state index contributed by atoms with van der Waals surface area (Å²) in [5.41, 5.74) is 11.5. The Hall–Kier alpha value is -3.71. The van der Waals surface area contributed by atoms with E-state index in [-0.39, 0.29) is 11.4 Å². The lowest BCUT2D eigenvalue weighted by atomic mass is 9.72. The Balaban J connectivity index is 1.33. The Morgan fingerprint density at radius 3 is 2.43 bits per heavy atom. The number of fused-ring (bicyclic) bond motifs is 1. The monoisotopic (exact) mass is 467 g/mol. The van der Waals surface area contributed by atoms with E-state index in [1.165, 1.54) is 12.0 Å². The molecule has 0 bridgehead atoms. The van der Waals surface area contributed by atoms with Crippen LogP contribution in [0.25, 0.3) is 28.3 Å². The molecular weight excluding hydrogens is 438 g/mol. The average Bonchev–Trinajstić information content (AvgIpc) is 3.46. The van der Waals surface area contributed by atoms with Gasteiger partial charge in [0.2, 0.25) is 17.6 Å². The second-order valence-corrected chi connectivity index (χ2v) is 9.53. The van der Waals surface area contributed by atoms with Crippen molar-refractivity contribution in [1.82, 2.24) is 19.3 Å². The first-order chi connectivity index (χ1) is 17.1. The molecule has 2 aromatic carbocycles. The molecule has 4 aromatic rings. The third-order valence-electron chi connectivity index (χ3n) is 7.28. The Bertz CT molecular complexity index is 1360. The average molecular weight is 468 g/mol. The molecular formula is C28H29N5O2. The zero-order valence-corrected chi connectivity index (χ0v) is 19.7. The first kappa shape index (κ1) is 21.8. The summed E-state index contributed by atoms with van der Waals surface area (Å²) >= 11 is 0. The van der Waals surface area contributed by atoms with Crippen LogP contribution in [0.2, 0.25) is 0 Å². The molecule has 2 aromatic heterocycles. The van der Waals surface area contributed by atoms with E-state index >= 15 is 0 Å². The molecule has 0 atom stereocenters. The van der Waals surface area contributed by atoms with Crippen LogP contribution in [-0.2, 0) is 10.3 Å². The highest BCUT2D eigenvalue weighted by atomic mass is 16.5. The molecule has 0 radical (unpaired) electrons. The summed E-state index contributed by atoms with van der Waals surface area (Å²) in [6.07, 6.45) is 6.78. The number of aromatic nitrogens is 3. The number of carbonyl (C=O) groups is 1. The van der Waals surface area contributed by atoms with Gasteiger partial charge in [-0.25, -0.2) is 4.98 Å². The quantitative estimate of drug-likeness (QED) is 0.435. The fourth-order valence-corrected chi connectivity index (χ4v) is 5.08. The van der Waals surface area contributed by atoms with Gasteiger partial charge in [0.25, 0.3) is 0 Å². The Morgan fingerprint density at radius 1 is 0.943 bits per heavy atom. The summed E-state index contributed by atoms with van der Waals surface area (Å²) in [6.45, 7) is 1.80. The van der Waals surface area contributed by atoms with Gasteiger partial charge in [0, 0.05) is 41.9 Å². The van der Waals surface area contributed by atoms with Crippen molar-refractivity contribution in [3.8, 4) is 28.4 Å². The van der Waals surface area contributed by atoms with E-state index in [1.54, 1.807) is 0 Å². The third-order valence-corrected chi connectivity index (χ3v) is 7.28. The fraction of sp³-hybridized carbons (Fsp3) is 0.321. The van der Waals surface area contributed by atoms with Crippen molar-refractivity contribution in [3.63, 3.8) is 0 Å². The van der Waals surface area contributed by atoms with Crippen molar-refractivity contribution >= 4 is 11.7 Å². The number of hydrogen-bond acceptors (Lipinski definition) is 5. The van der Waals surface area contributed by atoms with Crippen LogP contribution in [0, 0.1) is 0 Å². The predicted molar refractivity (Wildman–Crippen MR) is 135 cm³/mol. The molecule has 3 heterocycles. The third kappa shape index (κ3) is 4.06. The number of hydrogen-bond donors (Lipinski definition) is 1. The van der Waals surface area contributed by atoms with Gasteiger partial charge < -0.3 is 15.4 Å². The minimum absolute atomic E-state index is 0.187. The largest absolute Gasteiger partial charge is 0.476 e. The minimum Gasteiger partial charge on any atom is -0.476 e. The van der Waals surface area contributed by atoms with Gasteiger partial charge in [-0.2, -0.15) is 4.98 Å². The van der Waals surface area contributed by atoms with Crippen LogP contribution >= 0.6 is 0 Å². The standard InChI is InChI=1S/C28H29N5O2/c29-28(14-5-15-28)22-11-9-20(10-12-22)25-26(21-6-2-1-3-7-21)33-17-13-23(30-27(33)31-25)35-19-18-32-16-4-8-24(32)34/h1-3,6-7,9-13,17H,4-5,8,14-16,18-19,29H2. The Kier molecular flexibility index (Phi) is 5.49. The zero-order chi connectivity index (χ0) is 23.8. The predicted octanol–water partition coefficient (Wildman–Crippen LogP) is 4.40. The lowest BCUT2D eigenvalue weighted by molar-refractivity contribution is -0.128. The second-order valence-electron chi connectivity index (χ2n) is 9.53. The van der Waals surface area contributed by atoms with Crippen LogP contribution in [0.3, 0.4) is 0 Å². The molecule has 2 N–H and O–H groups in total. The van der Waals surface area contributed by atoms with E-state index in [1.807, 2.05) is 39.8 Å². The minimum atomic E-state index is -0.187. The lowest BCUT2D eigenvalue weighted by Crippen LogP contribution is -2.43. The molecule has 6 rings (SSSR count). The molecule has 1 aliphatic carbocycles. The number of ether oxygens (including phenoxy) is 1. The summed E-state index contributed by atoms with van der Waals surface area (Å²) in [5, 5.41) is 0. The topological polar surface area (TPSA) is 85.8 Å². The molecule has 1 amide bonds. The molecule has 2 aliphatic rings. The van der Waals surface area contributed by atoms with Crippen LogP contribution in [-0.4, -0.2) is 44.9 Å². The van der Waals surface area contributed by atoms with Gasteiger partial charge in [-0.05, 0) is 31.2 Å². The molecule has 0 unspecified atom stereocenters. The SMILES string of the molecule is NC1(c2ccc(-c3nc4nc(OCCN5CCCC5=O)ccn4c3-c3ccccc3)cc2)CCC1. The second kappa shape index (κ2) is 8.82. The van der Waals surface area contributed by atoms with Crippen molar-refractivity contribution in [3.05, 3.63) is 72.4 Å². The maximum absolute atomic E-state index is 11.8. The number of amides is 1. The molecule has 0 spiro atoms. The first-order valence-electron chi connectivity index (χ1n) is 12.4. The van der Waals surface area contributed by atoms with E-state index in [4.69, 9.17) is 15.5 Å². The van der Waals surface area contributed by atoms with Gasteiger partial charge >= 0.3 is 0 Å². The van der Waals surface area contributed by atoms with Crippen LogP contribution in [0.5, 0.6) is 5.88 Å². The maximum atomic E-state index is 11.8. The molecule has 2 fully saturated rings. The van der Waals surface area contributed by atoms with Gasteiger partial charge in [-0.3, -0.25) is 9.20 Å². The van der Waals surface area contributed by atoms with Crippen LogP contribution in [0.1, 0.15) is 37.7 Å². The van der Waals surface area contributed by atoms with Gasteiger partial charge in [0.15, 0.2) is 0 Å². The maximum Gasteiger partial charge on any atom is 0.238 e. The molecule has 1 aliphatic heterocycles. The fourth-order valence-electron chi connectivity index (χ4n) is 5.08. The lowest BCUT2D eigenvalue weighted by Gasteiger charge is -2.38. The summed E-state index contributed by atoms with van der Waals surface area (Å²) in [6, 6.07) is 20.6. The van der Waals surface area contributed by atoms with E-state index in [0.29, 0.717) is 31.2 Å². The van der Waals surface area contributed by atoms with E-state index in [0.717, 1.165) is 48.3 Å². The van der Waals surface area contributed by atoms with Crippen molar-refractivity contribution < 1.29 is 9.53 Å². The van der Waals surface area contributed by atoms with Crippen molar-refractivity contribution in [2.24, 2.45) is 5.73 Å². The number of benzene rings is 2. The molecule has 1 saturated carbocycles. The smallest absolute Gasteiger partial charge is 0.238 e. The Morgan fingerprint density at radius 2 is 1.74 bits per heavy atom. The highest BCUT2D eigenvalue weighted by molar-refractivity contribution is 5.81. The summed E-state index contributed by atoms with van der Waals surface area (Å²) in [5.74, 6) is 1.28. The molecule has 178 valence electrons.